The SMILES string of the molecule is CC(C)(C)[Si](OC1CCN(c2cccc(Br)c2)C1)(c1ccccc1)c1ccccc1. The molecule has 0 radical (unpaired) electrons. The average molecular weight is 481 g/mol. The molecule has 0 aliphatic carbocycles. The van der Waals surface area contributed by atoms with Gasteiger partial charge in [-0.25, -0.2) is 0 Å². The van der Waals surface area contributed by atoms with Crippen molar-refractivity contribution in [1.82, 2.24) is 0 Å². The summed E-state index contributed by atoms with van der Waals surface area (Å²) < 4.78 is 8.42. The highest BCUT2D eigenvalue weighted by Crippen LogP contribution is 2.39. The molecule has 4 heteroatoms. The van der Waals surface area contributed by atoms with E-state index in [4.69, 9.17) is 4.43 Å². The quantitative estimate of drug-likeness (QED) is 0.441. The van der Waals surface area contributed by atoms with E-state index < -0.39 is 8.32 Å². The second-order valence-corrected chi connectivity index (χ2v) is 14.3. The predicted molar refractivity (Wildman–Crippen MR) is 133 cm³/mol. The van der Waals surface area contributed by atoms with E-state index in [1.807, 2.05) is 0 Å². The summed E-state index contributed by atoms with van der Waals surface area (Å²) in [6, 6.07) is 30.5. The molecule has 156 valence electrons. The predicted octanol–water partition coefficient (Wildman–Crippen LogP) is 5.60. The Morgan fingerprint density at radius 1 is 0.867 bits per heavy atom. The van der Waals surface area contributed by atoms with Gasteiger partial charge in [0, 0.05) is 23.2 Å². The van der Waals surface area contributed by atoms with Crippen molar-refractivity contribution in [2.45, 2.75) is 38.3 Å². The lowest BCUT2D eigenvalue weighted by Crippen LogP contribution is -2.67. The van der Waals surface area contributed by atoms with Crippen LogP contribution in [-0.2, 0) is 4.43 Å². The maximum absolute atomic E-state index is 7.30. The molecule has 1 unspecified atom stereocenters. The van der Waals surface area contributed by atoms with E-state index >= 15 is 0 Å². The number of benzene rings is 3. The van der Waals surface area contributed by atoms with Gasteiger partial charge in [0.25, 0.3) is 8.32 Å². The van der Waals surface area contributed by atoms with Crippen LogP contribution >= 0.6 is 15.9 Å². The standard InChI is InChI=1S/C26H30BrNOSi/c1-26(2,3)30(24-13-6-4-7-14-24,25-15-8-5-9-16-25)29-23-17-18-28(20-23)22-12-10-11-21(27)19-22/h4-16,19,23H,17-18,20H2,1-3H3. The zero-order valence-corrected chi connectivity index (χ0v) is 20.6. The maximum Gasteiger partial charge on any atom is 0.261 e. The normalized spacial score (nSPS) is 17.3. The molecule has 4 rings (SSSR count). The average Bonchev–Trinajstić information content (AvgIpc) is 3.21. The van der Waals surface area contributed by atoms with Gasteiger partial charge >= 0.3 is 0 Å². The van der Waals surface area contributed by atoms with Crippen LogP contribution in [0.4, 0.5) is 5.69 Å². The first-order valence-electron chi connectivity index (χ1n) is 10.7. The minimum absolute atomic E-state index is 0.0128. The first-order valence-corrected chi connectivity index (χ1v) is 13.4. The lowest BCUT2D eigenvalue weighted by Gasteiger charge is -2.44. The summed E-state index contributed by atoms with van der Waals surface area (Å²) in [5.74, 6) is 0. The summed E-state index contributed by atoms with van der Waals surface area (Å²) in [6.45, 7) is 9.00. The van der Waals surface area contributed by atoms with E-state index in [9.17, 15) is 0 Å². The summed E-state index contributed by atoms with van der Waals surface area (Å²) in [5.41, 5.74) is 1.26. The minimum atomic E-state index is -2.49. The third-order valence-corrected chi connectivity index (χ3v) is 11.7. The van der Waals surface area contributed by atoms with Crippen LogP contribution in [0.15, 0.2) is 89.4 Å². The molecule has 0 saturated carbocycles. The summed E-state index contributed by atoms with van der Waals surface area (Å²) in [4.78, 5) is 2.45. The van der Waals surface area contributed by atoms with Crippen LogP contribution in [0.3, 0.4) is 0 Å². The van der Waals surface area contributed by atoms with Gasteiger partial charge in [0.2, 0.25) is 0 Å². The van der Waals surface area contributed by atoms with Gasteiger partial charge in [-0.1, -0.05) is 103 Å². The Kier molecular flexibility index (Phi) is 6.19. The molecule has 0 amide bonds. The maximum atomic E-state index is 7.30. The molecular weight excluding hydrogens is 450 g/mol. The van der Waals surface area contributed by atoms with Gasteiger partial charge in [-0.15, -0.1) is 0 Å². The van der Waals surface area contributed by atoms with Gasteiger partial charge in [-0.3, -0.25) is 0 Å². The van der Waals surface area contributed by atoms with Gasteiger partial charge in [0.1, 0.15) is 0 Å². The molecule has 30 heavy (non-hydrogen) atoms. The molecule has 0 aromatic heterocycles. The molecule has 1 aliphatic rings. The molecule has 2 nitrogen and oxygen atoms in total. The Bertz CT molecular complexity index is 932. The highest BCUT2D eigenvalue weighted by Gasteiger charge is 2.51. The van der Waals surface area contributed by atoms with E-state index in [0.29, 0.717) is 0 Å². The van der Waals surface area contributed by atoms with Crippen LogP contribution in [0, 0.1) is 0 Å². The van der Waals surface area contributed by atoms with Crippen LogP contribution < -0.4 is 15.3 Å². The van der Waals surface area contributed by atoms with Crippen molar-refractivity contribution in [2.24, 2.45) is 0 Å². The molecule has 0 spiro atoms. The first-order chi connectivity index (χ1) is 14.4. The largest absolute Gasteiger partial charge is 0.403 e. The summed E-state index contributed by atoms with van der Waals surface area (Å²) in [5, 5.41) is 2.72. The molecule has 3 aromatic rings. The Hall–Kier alpha value is -1.88. The van der Waals surface area contributed by atoms with Crippen molar-refractivity contribution in [1.29, 1.82) is 0 Å². The zero-order valence-electron chi connectivity index (χ0n) is 18.0. The molecule has 1 fully saturated rings. The lowest BCUT2D eigenvalue weighted by molar-refractivity contribution is 0.209. The van der Waals surface area contributed by atoms with Gasteiger partial charge in [-0.05, 0) is 40.0 Å². The second-order valence-electron chi connectivity index (χ2n) is 9.12. The van der Waals surface area contributed by atoms with E-state index in [-0.39, 0.29) is 11.1 Å². The van der Waals surface area contributed by atoms with Gasteiger partial charge in [0.15, 0.2) is 0 Å². The molecule has 1 saturated heterocycles. The second kappa shape index (κ2) is 8.70. The van der Waals surface area contributed by atoms with E-state index in [0.717, 1.165) is 24.0 Å². The fourth-order valence-corrected chi connectivity index (χ4v) is 9.77. The number of rotatable bonds is 5. The van der Waals surface area contributed by atoms with Crippen molar-refractivity contribution in [3.63, 3.8) is 0 Å². The monoisotopic (exact) mass is 479 g/mol. The number of nitrogens with zero attached hydrogens (tertiary/aromatic N) is 1. The third kappa shape index (κ3) is 4.14. The highest BCUT2D eigenvalue weighted by atomic mass is 79.9. The molecule has 1 heterocycles. The third-order valence-electron chi connectivity index (χ3n) is 6.08. The van der Waals surface area contributed by atoms with E-state index in [2.05, 4.69) is 127 Å². The number of hydrogen-bond acceptors (Lipinski definition) is 2. The Morgan fingerprint density at radius 2 is 1.47 bits per heavy atom. The Labute approximate surface area is 190 Å². The van der Waals surface area contributed by atoms with Gasteiger partial charge < -0.3 is 9.33 Å². The van der Waals surface area contributed by atoms with Crippen LogP contribution in [-0.4, -0.2) is 27.5 Å². The van der Waals surface area contributed by atoms with E-state index in [1.54, 1.807) is 0 Å². The zero-order chi connectivity index (χ0) is 21.2. The summed E-state index contributed by atoms with van der Waals surface area (Å²) in [7, 11) is -2.49. The summed E-state index contributed by atoms with van der Waals surface area (Å²) in [6.07, 6.45) is 1.27. The van der Waals surface area contributed by atoms with Crippen LogP contribution in [0.2, 0.25) is 5.04 Å². The van der Waals surface area contributed by atoms with Crippen LogP contribution in [0.25, 0.3) is 0 Å². The smallest absolute Gasteiger partial charge is 0.261 e. The number of halogens is 1. The van der Waals surface area contributed by atoms with Gasteiger partial charge in [-0.2, -0.15) is 0 Å². The number of hydrogen-bond donors (Lipinski definition) is 0. The molecule has 0 bridgehead atoms. The minimum Gasteiger partial charge on any atom is -0.403 e. The topological polar surface area (TPSA) is 12.5 Å². The van der Waals surface area contributed by atoms with Crippen molar-refractivity contribution in [3.8, 4) is 0 Å². The molecular formula is C26H30BrNOSi. The number of anilines is 1. The Balaban J connectivity index is 1.71. The first kappa shape index (κ1) is 21.4. The van der Waals surface area contributed by atoms with Crippen molar-refractivity contribution >= 4 is 40.3 Å². The molecule has 3 aromatic carbocycles. The molecule has 1 aliphatic heterocycles. The van der Waals surface area contributed by atoms with Crippen molar-refractivity contribution in [2.75, 3.05) is 18.0 Å². The lowest BCUT2D eigenvalue weighted by atomic mass is 10.2. The van der Waals surface area contributed by atoms with E-state index in [1.165, 1.54) is 16.1 Å². The highest BCUT2D eigenvalue weighted by molar-refractivity contribution is 9.10. The summed E-state index contributed by atoms with van der Waals surface area (Å²) >= 11 is 3.61. The fraction of sp³-hybridized carbons (Fsp3) is 0.308. The van der Waals surface area contributed by atoms with Crippen molar-refractivity contribution in [3.05, 3.63) is 89.4 Å². The van der Waals surface area contributed by atoms with Crippen LogP contribution in [0.1, 0.15) is 27.2 Å². The Morgan fingerprint density at radius 3 is 2.00 bits per heavy atom. The van der Waals surface area contributed by atoms with Crippen LogP contribution in [0.5, 0.6) is 0 Å². The van der Waals surface area contributed by atoms with Gasteiger partial charge in [0.05, 0.1) is 6.10 Å². The van der Waals surface area contributed by atoms with Crippen molar-refractivity contribution < 1.29 is 4.43 Å². The molecule has 1 atom stereocenters. The molecule has 0 N–H and O–H groups in total. The fourth-order valence-electron chi connectivity index (χ4n) is 4.67.